The third kappa shape index (κ3) is 6.75. The Hall–Kier alpha value is -4.04. The number of esters is 1. The van der Waals surface area contributed by atoms with Gasteiger partial charge in [0.2, 0.25) is 0 Å². The van der Waals surface area contributed by atoms with Gasteiger partial charge in [0, 0.05) is 10.6 Å². The topological polar surface area (TPSA) is 96.9 Å². The normalized spacial score (nSPS) is 10.6. The van der Waals surface area contributed by atoms with Gasteiger partial charge in [-0.3, -0.25) is 9.59 Å². The number of carbonyl (C=O) groups excluding carboxylic acids is 3. The molecule has 32 heavy (non-hydrogen) atoms. The van der Waals surface area contributed by atoms with Crippen LogP contribution >= 0.6 is 11.6 Å². The summed E-state index contributed by atoms with van der Waals surface area (Å²) in [5.41, 5.74) is 3.53. The van der Waals surface area contributed by atoms with E-state index in [-0.39, 0.29) is 12.1 Å². The van der Waals surface area contributed by atoms with E-state index in [9.17, 15) is 18.8 Å². The predicted molar refractivity (Wildman–Crippen MR) is 117 cm³/mol. The fourth-order valence-electron chi connectivity index (χ4n) is 2.46. The van der Waals surface area contributed by atoms with Crippen LogP contribution in [-0.4, -0.2) is 30.5 Å². The molecule has 0 aliphatic carbocycles. The summed E-state index contributed by atoms with van der Waals surface area (Å²) in [7, 11) is 0. The molecule has 0 atom stereocenters. The lowest BCUT2D eigenvalue weighted by Crippen LogP contribution is -2.34. The maximum absolute atomic E-state index is 12.9. The molecule has 0 heterocycles. The summed E-state index contributed by atoms with van der Waals surface area (Å²) in [6.07, 6.45) is 1.39. The molecule has 3 aromatic carbocycles. The van der Waals surface area contributed by atoms with Gasteiger partial charge < -0.3 is 10.1 Å². The van der Waals surface area contributed by atoms with Crippen LogP contribution in [0, 0.1) is 5.82 Å². The monoisotopic (exact) mass is 453 g/mol. The van der Waals surface area contributed by atoms with E-state index in [2.05, 4.69) is 15.8 Å². The van der Waals surface area contributed by atoms with Crippen molar-refractivity contribution in [2.45, 2.75) is 0 Å². The van der Waals surface area contributed by atoms with Crippen LogP contribution in [0.3, 0.4) is 0 Å². The van der Waals surface area contributed by atoms with Crippen molar-refractivity contribution in [2.75, 3.05) is 6.54 Å². The summed E-state index contributed by atoms with van der Waals surface area (Å²) in [6, 6.07) is 17.7. The number of ether oxygens (including phenoxy) is 1. The first kappa shape index (κ1) is 22.6. The highest BCUT2D eigenvalue weighted by Gasteiger charge is 2.09. The van der Waals surface area contributed by atoms with Crippen LogP contribution in [0.5, 0.6) is 5.75 Å². The standard InChI is InChI=1S/C23H17ClFN3O4/c24-18-7-3-17(4-8-18)23(31)32-20-11-1-15(2-12-20)13-27-28-21(29)14-26-22(30)16-5-9-19(25)10-6-16/h1-13H,14H2,(H,26,30)(H,28,29)/b27-13-. The van der Waals surface area contributed by atoms with E-state index in [1.165, 1.54) is 18.3 Å². The lowest BCUT2D eigenvalue weighted by Gasteiger charge is -2.05. The first-order valence-electron chi connectivity index (χ1n) is 9.34. The second-order valence-corrected chi connectivity index (χ2v) is 6.88. The molecule has 2 amide bonds. The summed E-state index contributed by atoms with van der Waals surface area (Å²) >= 11 is 5.80. The lowest BCUT2D eigenvalue weighted by atomic mass is 10.2. The number of hydrogen-bond donors (Lipinski definition) is 2. The number of benzene rings is 3. The van der Waals surface area contributed by atoms with E-state index in [0.717, 1.165) is 12.1 Å². The Morgan fingerprint density at radius 1 is 0.906 bits per heavy atom. The molecule has 0 aliphatic heterocycles. The molecule has 0 saturated heterocycles. The number of halogens is 2. The summed E-state index contributed by atoms with van der Waals surface area (Å²) in [5.74, 6) is -1.67. The number of nitrogens with zero attached hydrogens (tertiary/aromatic N) is 1. The summed E-state index contributed by atoms with van der Waals surface area (Å²) in [5, 5.41) is 6.73. The van der Waals surface area contributed by atoms with Crippen molar-refractivity contribution in [1.29, 1.82) is 0 Å². The molecule has 0 aliphatic rings. The van der Waals surface area contributed by atoms with Crippen molar-refractivity contribution in [3.05, 3.63) is 100 Å². The highest BCUT2D eigenvalue weighted by Crippen LogP contribution is 2.15. The van der Waals surface area contributed by atoms with E-state index in [1.54, 1.807) is 48.5 Å². The van der Waals surface area contributed by atoms with Gasteiger partial charge in [0.05, 0.1) is 18.3 Å². The Morgan fingerprint density at radius 3 is 2.19 bits per heavy atom. The van der Waals surface area contributed by atoms with Crippen molar-refractivity contribution in [3.63, 3.8) is 0 Å². The minimum Gasteiger partial charge on any atom is -0.423 e. The summed E-state index contributed by atoms with van der Waals surface area (Å²) in [6.45, 7) is -0.298. The molecular formula is C23H17ClFN3O4. The highest BCUT2D eigenvalue weighted by atomic mass is 35.5. The Balaban J connectivity index is 1.44. The second-order valence-electron chi connectivity index (χ2n) is 6.45. The minimum absolute atomic E-state index is 0.236. The molecule has 3 aromatic rings. The molecule has 3 rings (SSSR count). The number of nitrogens with one attached hydrogen (secondary N) is 2. The molecule has 0 bridgehead atoms. The van der Waals surface area contributed by atoms with Crippen molar-refractivity contribution < 1.29 is 23.5 Å². The average Bonchev–Trinajstić information content (AvgIpc) is 2.79. The zero-order valence-corrected chi connectivity index (χ0v) is 17.3. The van der Waals surface area contributed by atoms with E-state index >= 15 is 0 Å². The predicted octanol–water partition coefficient (Wildman–Crippen LogP) is 3.58. The zero-order valence-electron chi connectivity index (χ0n) is 16.5. The van der Waals surface area contributed by atoms with Crippen LogP contribution in [0.2, 0.25) is 5.02 Å². The van der Waals surface area contributed by atoms with Crippen LogP contribution in [0.4, 0.5) is 4.39 Å². The second kappa shape index (κ2) is 10.8. The van der Waals surface area contributed by atoms with E-state index in [4.69, 9.17) is 16.3 Å². The first-order valence-corrected chi connectivity index (χ1v) is 9.72. The van der Waals surface area contributed by atoms with E-state index in [1.807, 2.05) is 0 Å². The third-order valence-corrected chi connectivity index (χ3v) is 4.34. The van der Waals surface area contributed by atoms with Crippen LogP contribution in [0.25, 0.3) is 0 Å². The number of hydrazone groups is 1. The maximum atomic E-state index is 12.9. The summed E-state index contributed by atoms with van der Waals surface area (Å²) < 4.78 is 18.1. The highest BCUT2D eigenvalue weighted by molar-refractivity contribution is 6.30. The lowest BCUT2D eigenvalue weighted by molar-refractivity contribution is -0.120. The van der Waals surface area contributed by atoms with Gasteiger partial charge in [-0.15, -0.1) is 0 Å². The van der Waals surface area contributed by atoms with Gasteiger partial charge in [0.1, 0.15) is 11.6 Å². The van der Waals surface area contributed by atoms with Crippen molar-refractivity contribution in [3.8, 4) is 5.75 Å². The molecule has 0 radical (unpaired) electrons. The molecule has 162 valence electrons. The molecule has 2 N–H and O–H groups in total. The Kier molecular flexibility index (Phi) is 7.66. The van der Waals surface area contributed by atoms with Gasteiger partial charge in [0.15, 0.2) is 0 Å². The Bertz CT molecular complexity index is 1130. The molecular weight excluding hydrogens is 437 g/mol. The Morgan fingerprint density at radius 2 is 1.53 bits per heavy atom. The van der Waals surface area contributed by atoms with Crippen molar-refractivity contribution in [1.82, 2.24) is 10.7 Å². The Labute approximate surface area is 187 Å². The van der Waals surface area contributed by atoms with Crippen LogP contribution in [0.15, 0.2) is 77.9 Å². The zero-order chi connectivity index (χ0) is 22.9. The number of rotatable bonds is 7. The fraction of sp³-hybridized carbons (Fsp3) is 0.0435. The van der Waals surface area contributed by atoms with Gasteiger partial charge in [-0.25, -0.2) is 14.6 Å². The molecule has 7 nitrogen and oxygen atoms in total. The smallest absolute Gasteiger partial charge is 0.343 e. The van der Waals surface area contributed by atoms with Gasteiger partial charge in [-0.05, 0) is 78.4 Å². The molecule has 0 aromatic heterocycles. The SMILES string of the molecule is O=C(CNC(=O)c1ccc(F)cc1)N/N=C\c1ccc(OC(=O)c2ccc(Cl)cc2)cc1. The number of amides is 2. The molecule has 0 saturated carbocycles. The van der Waals surface area contributed by atoms with Crippen molar-refractivity contribution >= 4 is 35.6 Å². The number of hydrogen-bond acceptors (Lipinski definition) is 5. The van der Waals surface area contributed by atoms with Gasteiger partial charge >= 0.3 is 5.97 Å². The van der Waals surface area contributed by atoms with Gasteiger partial charge in [-0.1, -0.05) is 11.6 Å². The summed E-state index contributed by atoms with van der Waals surface area (Å²) in [4.78, 5) is 35.8. The van der Waals surface area contributed by atoms with Gasteiger partial charge in [0.25, 0.3) is 11.8 Å². The molecule has 0 unspecified atom stereocenters. The van der Waals surface area contributed by atoms with E-state index in [0.29, 0.717) is 21.9 Å². The maximum Gasteiger partial charge on any atom is 0.343 e. The molecule has 0 fully saturated rings. The van der Waals surface area contributed by atoms with E-state index < -0.39 is 23.6 Å². The molecule has 0 spiro atoms. The number of carbonyl (C=O) groups is 3. The molecule has 9 heteroatoms. The van der Waals surface area contributed by atoms with Crippen LogP contribution in [-0.2, 0) is 4.79 Å². The minimum atomic E-state index is -0.537. The quantitative estimate of drug-likeness (QED) is 0.247. The first-order chi connectivity index (χ1) is 15.4. The fourth-order valence-corrected chi connectivity index (χ4v) is 2.58. The van der Waals surface area contributed by atoms with Gasteiger partial charge in [-0.2, -0.15) is 5.10 Å². The largest absolute Gasteiger partial charge is 0.423 e. The average molecular weight is 454 g/mol. The van der Waals surface area contributed by atoms with Crippen LogP contribution < -0.4 is 15.5 Å². The third-order valence-electron chi connectivity index (χ3n) is 4.09. The van der Waals surface area contributed by atoms with Crippen LogP contribution in [0.1, 0.15) is 26.3 Å². The van der Waals surface area contributed by atoms with Crippen molar-refractivity contribution in [2.24, 2.45) is 5.10 Å².